The highest BCUT2D eigenvalue weighted by molar-refractivity contribution is 6.30. The molecule has 2 amide bonds. The summed E-state index contributed by atoms with van der Waals surface area (Å²) in [5.41, 5.74) is 5.90. The van der Waals surface area contributed by atoms with Crippen LogP contribution in [-0.4, -0.2) is 41.9 Å². The van der Waals surface area contributed by atoms with Crippen molar-refractivity contribution in [3.8, 4) is 0 Å². The van der Waals surface area contributed by atoms with E-state index in [4.69, 9.17) is 22.1 Å². The van der Waals surface area contributed by atoms with Gasteiger partial charge in [0.25, 0.3) is 0 Å². The predicted molar refractivity (Wildman–Crippen MR) is 110 cm³/mol. The van der Waals surface area contributed by atoms with Crippen molar-refractivity contribution in [2.24, 2.45) is 11.7 Å². The topological polar surface area (TPSA) is 89.7 Å². The second kappa shape index (κ2) is 9.54. The monoisotopic (exact) mass is 430 g/mol. The highest BCUT2D eigenvalue weighted by Crippen LogP contribution is 2.25. The molecule has 1 fully saturated rings. The van der Waals surface area contributed by atoms with Gasteiger partial charge in [-0.2, -0.15) is 0 Å². The van der Waals surface area contributed by atoms with E-state index in [-0.39, 0.29) is 30.1 Å². The number of esters is 1. The lowest BCUT2D eigenvalue weighted by atomic mass is 10.0. The maximum atomic E-state index is 13.9. The molecule has 2 N–H and O–H groups in total. The summed E-state index contributed by atoms with van der Waals surface area (Å²) in [6.07, 6.45) is 1.89. The Bertz CT molecular complexity index is 980. The van der Waals surface area contributed by atoms with Gasteiger partial charge in [-0.15, -0.1) is 0 Å². The Hall–Kier alpha value is -3.19. The van der Waals surface area contributed by atoms with Crippen molar-refractivity contribution in [2.45, 2.75) is 12.5 Å². The first-order valence-electron chi connectivity index (χ1n) is 9.30. The Morgan fingerprint density at radius 2 is 1.90 bits per heavy atom. The highest BCUT2D eigenvalue weighted by atomic mass is 35.5. The average molecular weight is 431 g/mol. The van der Waals surface area contributed by atoms with E-state index >= 15 is 0 Å². The number of hydrogen-bond acceptors (Lipinski definition) is 4. The number of carbonyl (C=O) groups is 3. The van der Waals surface area contributed by atoms with Crippen LogP contribution in [0.2, 0.25) is 5.02 Å². The van der Waals surface area contributed by atoms with Gasteiger partial charge in [0, 0.05) is 35.5 Å². The number of hydrogen-bond donors (Lipinski definition) is 1. The van der Waals surface area contributed by atoms with E-state index < -0.39 is 35.6 Å². The quantitative estimate of drug-likeness (QED) is 0.563. The lowest BCUT2D eigenvalue weighted by Crippen LogP contribution is -2.30. The largest absolute Gasteiger partial charge is 0.457 e. The number of nitrogens with two attached hydrogens (primary N) is 1. The van der Waals surface area contributed by atoms with E-state index in [2.05, 4.69) is 0 Å². The second-order valence-corrected chi connectivity index (χ2v) is 7.42. The Morgan fingerprint density at radius 1 is 1.17 bits per heavy atom. The minimum Gasteiger partial charge on any atom is -0.457 e. The Morgan fingerprint density at radius 3 is 2.57 bits per heavy atom. The molecular formula is C22H20ClFN2O4. The zero-order valence-electron chi connectivity index (χ0n) is 16.0. The number of likely N-dealkylation sites (tertiary alicyclic amines) is 1. The van der Waals surface area contributed by atoms with Crippen LogP contribution in [0.5, 0.6) is 0 Å². The normalized spacial score (nSPS) is 18.5. The van der Waals surface area contributed by atoms with Crippen LogP contribution in [0, 0.1) is 11.7 Å². The van der Waals surface area contributed by atoms with Crippen molar-refractivity contribution in [2.75, 3.05) is 13.1 Å². The summed E-state index contributed by atoms with van der Waals surface area (Å²) in [7, 11) is 0. The molecule has 2 aromatic carbocycles. The lowest BCUT2D eigenvalue weighted by molar-refractivity contribution is -0.125. The third kappa shape index (κ3) is 5.45. The molecule has 2 aromatic rings. The molecule has 0 aromatic heterocycles. The third-order valence-corrected chi connectivity index (χ3v) is 5.03. The summed E-state index contributed by atoms with van der Waals surface area (Å²) >= 11 is 5.72. The molecule has 30 heavy (non-hydrogen) atoms. The van der Waals surface area contributed by atoms with Gasteiger partial charge in [-0.05, 0) is 30.3 Å². The fourth-order valence-corrected chi connectivity index (χ4v) is 3.45. The molecular weight excluding hydrogens is 411 g/mol. The Kier molecular flexibility index (Phi) is 6.84. The molecule has 6 nitrogen and oxygen atoms in total. The van der Waals surface area contributed by atoms with E-state index in [0.717, 1.165) is 6.07 Å². The van der Waals surface area contributed by atoms with E-state index in [0.29, 0.717) is 5.56 Å². The number of nitrogens with zero attached hydrogens (tertiary/aromatic N) is 1. The molecule has 0 bridgehead atoms. The fourth-order valence-electron chi connectivity index (χ4n) is 3.29. The number of primary amides is 1. The first-order chi connectivity index (χ1) is 14.3. The van der Waals surface area contributed by atoms with Crippen molar-refractivity contribution in [1.82, 2.24) is 4.90 Å². The molecule has 0 unspecified atom stereocenters. The van der Waals surface area contributed by atoms with Gasteiger partial charge < -0.3 is 15.4 Å². The van der Waals surface area contributed by atoms with Crippen molar-refractivity contribution in [3.63, 3.8) is 0 Å². The first kappa shape index (κ1) is 21.5. The Labute approximate surface area is 178 Å². The van der Waals surface area contributed by atoms with E-state index in [9.17, 15) is 18.8 Å². The molecule has 0 aliphatic carbocycles. The molecule has 1 saturated heterocycles. The van der Waals surface area contributed by atoms with E-state index in [1.165, 1.54) is 29.2 Å². The highest BCUT2D eigenvalue weighted by Gasteiger charge is 2.38. The van der Waals surface area contributed by atoms with Crippen LogP contribution in [0.3, 0.4) is 0 Å². The predicted octanol–water partition coefficient (Wildman–Crippen LogP) is 3.05. The Balaban J connectivity index is 1.69. The summed E-state index contributed by atoms with van der Waals surface area (Å²) < 4.78 is 19.4. The van der Waals surface area contributed by atoms with Crippen LogP contribution in [-0.2, 0) is 14.3 Å². The minimum atomic E-state index is -0.671. The number of carbonyl (C=O) groups excluding carboxylic acids is 3. The van der Waals surface area contributed by atoms with Crippen LogP contribution < -0.4 is 5.73 Å². The maximum absolute atomic E-state index is 13.9. The molecule has 156 valence electrons. The SMILES string of the molecule is NC(=O)C[C@H]1CN(C(=O)/C=C/c2ccc(Cl)cc2F)C[C@H]1OC(=O)c1ccccc1. The molecule has 0 saturated carbocycles. The summed E-state index contributed by atoms with van der Waals surface area (Å²) in [5.74, 6) is -2.44. The van der Waals surface area contributed by atoms with Crippen LogP contribution in [0.25, 0.3) is 6.08 Å². The summed E-state index contributed by atoms with van der Waals surface area (Å²) in [6.45, 7) is 0.310. The smallest absolute Gasteiger partial charge is 0.338 e. The summed E-state index contributed by atoms with van der Waals surface area (Å²) in [6, 6.07) is 12.6. The van der Waals surface area contributed by atoms with E-state index in [1.54, 1.807) is 30.3 Å². The third-order valence-electron chi connectivity index (χ3n) is 4.79. The summed E-state index contributed by atoms with van der Waals surface area (Å²) in [4.78, 5) is 37.8. The van der Waals surface area contributed by atoms with Gasteiger partial charge in [0.15, 0.2) is 0 Å². The zero-order chi connectivity index (χ0) is 21.7. The lowest BCUT2D eigenvalue weighted by Gasteiger charge is -2.17. The van der Waals surface area contributed by atoms with Gasteiger partial charge in [-0.25, -0.2) is 9.18 Å². The minimum absolute atomic E-state index is 0.0218. The van der Waals surface area contributed by atoms with Crippen molar-refractivity contribution < 1.29 is 23.5 Å². The molecule has 1 heterocycles. The molecule has 1 aliphatic rings. The van der Waals surface area contributed by atoms with Gasteiger partial charge in [0.05, 0.1) is 12.1 Å². The first-order valence-corrected chi connectivity index (χ1v) is 9.67. The molecule has 3 rings (SSSR count). The number of amides is 2. The van der Waals surface area contributed by atoms with Crippen LogP contribution in [0.15, 0.2) is 54.6 Å². The van der Waals surface area contributed by atoms with Gasteiger partial charge in [0.2, 0.25) is 11.8 Å². The van der Waals surface area contributed by atoms with Gasteiger partial charge in [-0.3, -0.25) is 9.59 Å². The number of rotatable bonds is 6. The standard InChI is InChI=1S/C22H20ClFN2O4/c23-17-8-6-14(18(24)11-17)7-9-21(28)26-12-16(10-20(25)27)19(13-26)30-22(29)15-4-2-1-3-5-15/h1-9,11,16,19H,10,12-13H2,(H2,25,27)/b9-7+/t16-,19+/m0/s1. The maximum Gasteiger partial charge on any atom is 0.338 e. The van der Waals surface area contributed by atoms with Crippen LogP contribution in [0.4, 0.5) is 4.39 Å². The van der Waals surface area contributed by atoms with E-state index in [1.807, 2.05) is 0 Å². The molecule has 2 atom stereocenters. The van der Waals surface area contributed by atoms with Crippen LogP contribution >= 0.6 is 11.6 Å². The number of benzene rings is 2. The second-order valence-electron chi connectivity index (χ2n) is 6.98. The molecule has 0 radical (unpaired) electrons. The molecule has 1 aliphatic heterocycles. The van der Waals surface area contributed by atoms with Gasteiger partial charge in [-0.1, -0.05) is 35.9 Å². The van der Waals surface area contributed by atoms with Crippen molar-refractivity contribution >= 4 is 35.5 Å². The molecule has 0 spiro atoms. The van der Waals surface area contributed by atoms with Gasteiger partial charge >= 0.3 is 5.97 Å². The number of ether oxygens (including phenoxy) is 1. The van der Waals surface area contributed by atoms with Crippen molar-refractivity contribution in [1.29, 1.82) is 0 Å². The summed E-state index contributed by atoms with van der Waals surface area (Å²) in [5, 5.41) is 0.257. The molecule has 8 heteroatoms. The van der Waals surface area contributed by atoms with Crippen LogP contribution in [0.1, 0.15) is 22.3 Å². The fraction of sp³-hybridized carbons (Fsp3) is 0.227. The average Bonchev–Trinajstić information content (AvgIpc) is 3.09. The van der Waals surface area contributed by atoms with Gasteiger partial charge in [0.1, 0.15) is 11.9 Å². The zero-order valence-corrected chi connectivity index (χ0v) is 16.7. The number of halogens is 2. The van der Waals surface area contributed by atoms with Crippen molar-refractivity contribution in [3.05, 3.63) is 76.6 Å².